The maximum Gasteiger partial charge on any atom is 0.331 e. The molecule has 7 nitrogen and oxygen atoms in total. The number of amides is 1. The first-order valence-electron chi connectivity index (χ1n) is 5.07. The minimum atomic E-state index is -0.718. The van der Waals surface area contributed by atoms with Crippen molar-refractivity contribution in [2.24, 2.45) is 0 Å². The molecule has 1 amide bonds. The van der Waals surface area contributed by atoms with E-state index in [9.17, 15) is 19.5 Å². The molecule has 0 bridgehead atoms. The van der Waals surface area contributed by atoms with Crippen LogP contribution < -0.4 is 11.2 Å². The molecule has 0 saturated carbocycles. The Morgan fingerprint density at radius 3 is 2.53 bits per heavy atom. The van der Waals surface area contributed by atoms with Gasteiger partial charge in [0.2, 0.25) is 11.8 Å². The Bertz CT molecular complexity index is 541. The molecule has 0 aromatic carbocycles. The summed E-state index contributed by atoms with van der Waals surface area (Å²) >= 11 is 0. The predicted octanol–water partition coefficient (Wildman–Crippen LogP) is -0.971. The van der Waals surface area contributed by atoms with Crippen molar-refractivity contribution in [1.82, 2.24) is 14.5 Å². The number of rotatable bonds is 3. The third-order valence-corrected chi connectivity index (χ3v) is 2.45. The van der Waals surface area contributed by atoms with Crippen LogP contribution in [0.2, 0.25) is 0 Å². The largest absolute Gasteiger partial charge is 0.494 e. The van der Waals surface area contributed by atoms with Crippen molar-refractivity contribution in [3.8, 4) is 5.88 Å². The van der Waals surface area contributed by atoms with E-state index >= 15 is 0 Å². The maximum atomic E-state index is 11.4. The lowest BCUT2D eigenvalue weighted by Crippen LogP contribution is -2.33. The van der Waals surface area contributed by atoms with Crippen molar-refractivity contribution in [1.29, 1.82) is 0 Å². The van der Waals surface area contributed by atoms with Crippen LogP contribution in [0.15, 0.2) is 9.59 Å². The van der Waals surface area contributed by atoms with Crippen molar-refractivity contribution in [3.63, 3.8) is 0 Å². The zero-order chi connectivity index (χ0) is 13.2. The molecule has 0 radical (unpaired) electrons. The smallest absolute Gasteiger partial charge is 0.331 e. The first-order chi connectivity index (χ1) is 7.84. The molecule has 7 heteroatoms. The molecule has 0 aliphatic rings. The maximum absolute atomic E-state index is 11.4. The molecule has 0 aliphatic carbocycles. The van der Waals surface area contributed by atoms with Gasteiger partial charge in [-0.25, -0.2) is 4.79 Å². The zero-order valence-corrected chi connectivity index (χ0v) is 9.98. The minimum absolute atomic E-state index is 0.0271. The first kappa shape index (κ1) is 13.0. The van der Waals surface area contributed by atoms with Gasteiger partial charge in [0.25, 0.3) is 5.56 Å². The Hall–Kier alpha value is -2.05. The van der Waals surface area contributed by atoms with Gasteiger partial charge in [-0.05, 0) is 6.92 Å². The zero-order valence-electron chi connectivity index (χ0n) is 9.98. The summed E-state index contributed by atoms with van der Waals surface area (Å²) in [6.45, 7) is 1.43. The van der Waals surface area contributed by atoms with E-state index in [1.165, 1.54) is 11.8 Å². The summed E-state index contributed by atoms with van der Waals surface area (Å²) in [5.41, 5.74) is -1.28. The van der Waals surface area contributed by atoms with Crippen molar-refractivity contribution in [2.75, 3.05) is 14.1 Å². The van der Waals surface area contributed by atoms with Crippen LogP contribution in [-0.2, 0) is 11.3 Å². The molecule has 94 valence electrons. The van der Waals surface area contributed by atoms with E-state index in [2.05, 4.69) is 4.98 Å². The fraction of sp³-hybridized carbons (Fsp3) is 0.500. The molecule has 1 heterocycles. The van der Waals surface area contributed by atoms with Gasteiger partial charge in [-0.3, -0.25) is 19.1 Å². The van der Waals surface area contributed by atoms with Gasteiger partial charge in [-0.15, -0.1) is 0 Å². The predicted molar refractivity (Wildman–Crippen MR) is 61.0 cm³/mol. The SMILES string of the molecule is Cc1c(O)n(CCC(=O)N(C)C)c(=O)[nH]c1=O. The standard InChI is InChI=1S/C10H15N3O4/c1-6-8(15)11-10(17)13(9(6)16)5-4-7(14)12(2)3/h16H,4-5H2,1-3H3,(H,11,15,17). The number of nitrogens with one attached hydrogen (secondary N) is 1. The van der Waals surface area contributed by atoms with E-state index in [1.54, 1.807) is 14.1 Å². The molecule has 0 fully saturated rings. The molecule has 0 atom stereocenters. The lowest BCUT2D eigenvalue weighted by Gasteiger charge is -2.12. The third-order valence-electron chi connectivity index (χ3n) is 2.45. The average molecular weight is 241 g/mol. The lowest BCUT2D eigenvalue weighted by molar-refractivity contribution is -0.128. The highest BCUT2D eigenvalue weighted by Crippen LogP contribution is 2.08. The van der Waals surface area contributed by atoms with Gasteiger partial charge in [0.1, 0.15) is 0 Å². The highest BCUT2D eigenvalue weighted by atomic mass is 16.3. The number of carbonyl (C=O) groups is 1. The quantitative estimate of drug-likeness (QED) is 0.711. The number of hydrogen-bond donors (Lipinski definition) is 2. The van der Waals surface area contributed by atoms with E-state index in [4.69, 9.17) is 0 Å². The normalized spacial score (nSPS) is 10.3. The molecule has 2 N–H and O–H groups in total. The van der Waals surface area contributed by atoms with Crippen LogP contribution in [0.5, 0.6) is 5.88 Å². The van der Waals surface area contributed by atoms with Gasteiger partial charge in [0.05, 0.1) is 5.56 Å². The summed E-state index contributed by atoms with van der Waals surface area (Å²) < 4.78 is 0.970. The van der Waals surface area contributed by atoms with E-state index in [0.29, 0.717) is 0 Å². The Morgan fingerprint density at radius 2 is 2.00 bits per heavy atom. The van der Waals surface area contributed by atoms with Crippen molar-refractivity contribution < 1.29 is 9.90 Å². The van der Waals surface area contributed by atoms with E-state index < -0.39 is 17.1 Å². The molecule has 0 saturated heterocycles. The van der Waals surface area contributed by atoms with Gasteiger partial charge in [-0.1, -0.05) is 0 Å². The van der Waals surface area contributed by atoms with Crippen LogP contribution in [-0.4, -0.2) is 39.6 Å². The second-order valence-corrected chi connectivity index (χ2v) is 3.90. The molecule has 0 spiro atoms. The molecular weight excluding hydrogens is 226 g/mol. The highest BCUT2D eigenvalue weighted by molar-refractivity contribution is 5.75. The fourth-order valence-corrected chi connectivity index (χ4v) is 1.30. The van der Waals surface area contributed by atoms with E-state index in [0.717, 1.165) is 4.57 Å². The number of carbonyl (C=O) groups excluding carboxylic acids is 1. The van der Waals surface area contributed by atoms with Gasteiger partial charge in [0, 0.05) is 27.1 Å². The Balaban J connectivity index is 3.01. The van der Waals surface area contributed by atoms with Gasteiger partial charge in [-0.2, -0.15) is 0 Å². The van der Waals surface area contributed by atoms with Crippen LogP contribution in [0.1, 0.15) is 12.0 Å². The lowest BCUT2D eigenvalue weighted by atomic mass is 10.3. The highest BCUT2D eigenvalue weighted by Gasteiger charge is 2.12. The van der Waals surface area contributed by atoms with Crippen LogP contribution in [0.3, 0.4) is 0 Å². The second-order valence-electron chi connectivity index (χ2n) is 3.90. The van der Waals surface area contributed by atoms with Gasteiger partial charge in [0.15, 0.2) is 0 Å². The average Bonchev–Trinajstić information content (AvgIpc) is 2.25. The van der Waals surface area contributed by atoms with E-state index in [1.807, 2.05) is 0 Å². The Morgan fingerprint density at radius 1 is 1.41 bits per heavy atom. The molecular formula is C10H15N3O4. The Labute approximate surface area is 97.3 Å². The summed E-state index contributed by atoms with van der Waals surface area (Å²) in [6, 6.07) is 0. The van der Waals surface area contributed by atoms with Gasteiger partial charge < -0.3 is 10.0 Å². The molecule has 1 aromatic rings. The van der Waals surface area contributed by atoms with Crippen LogP contribution >= 0.6 is 0 Å². The van der Waals surface area contributed by atoms with Crippen LogP contribution in [0.4, 0.5) is 0 Å². The molecule has 1 aromatic heterocycles. The summed E-state index contributed by atoms with van der Waals surface area (Å²) in [5.74, 6) is -0.564. The second kappa shape index (κ2) is 4.86. The van der Waals surface area contributed by atoms with E-state index in [-0.39, 0.29) is 24.4 Å². The monoisotopic (exact) mass is 241 g/mol. The van der Waals surface area contributed by atoms with Crippen molar-refractivity contribution in [3.05, 3.63) is 26.4 Å². The number of aromatic nitrogens is 2. The first-order valence-corrected chi connectivity index (χ1v) is 5.07. The number of aromatic hydroxyl groups is 1. The molecule has 17 heavy (non-hydrogen) atoms. The number of aromatic amines is 1. The third kappa shape index (κ3) is 2.74. The van der Waals surface area contributed by atoms with Crippen molar-refractivity contribution >= 4 is 5.91 Å². The number of H-pyrrole nitrogens is 1. The molecule has 1 rings (SSSR count). The van der Waals surface area contributed by atoms with Crippen LogP contribution in [0, 0.1) is 6.92 Å². The topological polar surface area (TPSA) is 95.4 Å². The minimum Gasteiger partial charge on any atom is -0.494 e. The summed E-state index contributed by atoms with van der Waals surface area (Å²) in [5, 5.41) is 9.63. The Kier molecular flexibility index (Phi) is 3.72. The summed E-state index contributed by atoms with van der Waals surface area (Å²) in [7, 11) is 3.20. The number of nitrogens with zero attached hydrogens (tertiary/aromatic N) is 2. The van der Waals surface area contributed by atoms with Crippen molar-refractivity contribution in [2.45, 2.75) is 19.9 Å². The summed E-state index contributed by atoms with van der Waals surface area (Å²) in [6.07, 6.45) is 0.0753. The van der Waals surface area contributed by atoms with Crippen LogP contribution in [0.25, 0.3) is 0 Å². The summed E-state index contributed by atoms with van der Waals surface area (Å²) in [4.78, 5) is 37.4. The fourth-order valence-electron chi connectivity index (χ4n) is 1.30. The van der Waals surface area contributed by atoms with Gasteiger partial charge >= 0.3 is 5.69 Å². The molecule has 0 unspecified atom stereocenters. The molecule has 0 aliphatic heterocycles. The number of hydrogen-bond acceptors (Lipinski definition) is 4.